The predicted molar refractivity (Wildman–Crippen MR) is 146 cm³/mol. The lowest BCUT2D eigenvalue weighted by atomic mass is 10.0. The van der Waals surface area contributed by atoms with Crippen molar-refractivity contribution >= 4 is 28.7 Å². The third-order valence-corrected chi connectivity index (χ3v) is 7.24. The molecule has 2 aromatic carbocycles. The molecule has 2 amide bonds. The lowest BCUT2D eigenvalue weighted by Gasteiger charge is -2.33. The molecule has 1 aliphatic heterocycles. The lowest BCUT2D eigenvalue weighted by Crippen LogP contribution is -2.43. The van der Waals surface area contributed by atoms with Crippen LogP contribution >= 0.6 is 0 Å². The molecule has 1 saturated carbocycles. The normalized spacial score (nSPS) is 17.7. The molecule has 2 aromatic heterocycles. The zero-order valence-corrected chi connectivity index (χ0v) is 21.7. The molecule has 10 nitrogen and oxygen atoms in total. The number of nitrogens with zero attached hydrogens (tertiary/aromatic N) is 5. The Labute approximate surface area is 229 Å². The molecule has 1 aliphatic carbocycles. The Kier molecular flexibility index (Phi) is 6.63. The number of halogens is 1. The molecule has 2 aliphatic rings. The SMILES string of the molecule is NC(=O)/C(=C/C1CC1)C(=O)N1CCC[C@@H](n2nc(-c3ccc(Oc4ccccc4)cc3F)c3c(N)ncnc32)C1. The quantitative estimate of drug-likeness (QED) is 0.205. The summed E-state index contributed by atoms with van der Waals surface area (Å²) in [6.45, 7) is 0.784. The molecule has 0 spiro atoms. The fourth-order valence-electron chi connectivity index (χ4n) is 5.08. The van der Waals surface area contributed by atoms with Gasteiger partial charge in [0.15, 0.2) is 5.65 Å². The van der Waals surface area contributed by atoms with E-state index in [9.17, 15) is 9.59 Å². The average molecular weight is 542 g/mol. The highest BCUT2D eigenvalue weighted by atomic mass is 19.1. The number of likely N-dealkylation sites (tertiary alicyclic amines) is 1. The van der Waals surface area contributed by atoms with Gasteiger partial charge in [0.05, 0.1) is 11.4 Å². The number of allylic oxidation sites excluding steroid dienone is 1. The van der Waals surface area contributed by atoms with Crippen molar-refractivity contribution in [2.75, 3.05) is 18.8 Å². The highest BCUT2D eigenvalue weighted by molar-refractivity contribution is 6.17. The third kappa shape index (κ3) is 4.97. The van der Waals surface area contributed by atoms with Gasteiger partial charge < -0.3 is 21.1 Å². The van der Waals surface area contributed by atoms with Crippen LogP contribution in [-0.2, 0) is 9.59 Å². The van der Waals surface area contributed by atoms with Gasteiger partial charge in [0.1, 0.15) is 40.7 Å². The molecule has 1 saturated heterocycles. The van der Waals surface area contributed by atoms with Gasteiger partial charge in [-0.25, -0.2) is 19.0 Å². The summed E-state index contributed by atoms with van der Waals surface area (Å²) in [4.78, 5) is 35.5. The largest absolute Gasteiger partial charge is 0.457 e. The smallest absolute Gasteiger partial charge is 0.259 e. The Morgan fingerprint density at radius 3 is 2.58 bits per heavy atom. The molecule has 2 fully saturated rings. The summed E-state index contributed by atoms with van der Waals surface area (Å²) in [7, 11) is 0. The van der Waals surface area contributed by atoms with Crippen LogP contribution in [0.4, 0.5) is 10.2 Å². The van der Waals surface area contributed by atoms with Gasteiger partial charge in [-0.1, -0.05) is 24.3 Å². The topological polar surface area (TPSA) is 142 Å². The highest BCUT2D eigenvalue weighted by Gasteiger charge is 2.33. The number of hydrogen-bond acceptors (Lipinski definition) is 7. The number of fused-ring (bicyclic) bond motifs is 1. The molecule has 4 N–H and O–H groups in total. The maximum absolute atomic E-state index is 15.5. The first-order chi connectivity index (χ1) is 19.4. The van der Waals surface area contributed by atoms with Crippen molar-refractivity contribution < 1.29 is 18.7 Å². The predicted octanol–water partition coefficient (Wildman–Crippen LogP) is 3.99. The Balaban J connectivity index is 1.33. The number of benzene rings is 2. The Morgan fingerprint density at radius 1 is 1.05 bits per heavy atom. The van der Waals surface area contributed by atoms with Crippen LogP contribution in [0.1, 0.15) is 31.7 Å². The Hall–Kier alpha value is -4.80. The first-order valence-corrected chi connectivity index (χ1v) is 13.2. The fourth-order valence-corrected chi connectivity index (χ4v) is 5.08. The standard InChI is InChI=1S/C29H28FN7O3/c30-23-14-20(40-19-6-2-1-3-7-19)10-11-21(23)25-24-26(31)33-16-34-28(24)37(35-25)18-5-4-12-36(15-18)29(39)22(27(32)38)13-17-8-9-17/h1-3,6-7,10-11,13-14,16-18H,4-5,8-9,12,15H2,(H2,32,38)(H2,31,33,34)/b22-13-/t18-/m1/s1. The number of aromatic nitrogens is 4. The van der Waals surface area contributed by atoms with Crippen molar-refractivity contribution in [3.63, 3.8) is 0 Å². The fraction of sp³-hybridized carbons (Fsp3) is 0.276. The molecule has 0 bridgehead atoms. The molecule has 6 rings (SSSR count). The van der Waals surface area contributed by atoms with Gasteiger partial charge >= 0.3 is 0 Å². The molecular weight excluding hydrogens is 513 g/mol. The summed E-state index contributed by atoms with van der Waals surface area (Å²) in [6.07, 6.45) is 6.31. The van der Waals surface area contributed by atoms with Gasteiger partial charge in [-0.15, -0.1) is 0 Å². The van der Waals surface area contributed by atoms with E-state index < -0.39 is 11.7 Å². The van der Waals surface area contributed by atoms with Crippen molar-refractivity contribution in [3.05, 3.63) is 72.3 Å². The first kappa shape index (κ1) is 25.5. The molecule has 11 heteroatoms. The third-order valence-electron chi connectivity index (χ3n) is 7.24. The van der Waals surface area contributed by atoms with E-state index in [1.807, 2.05) is 18.2 Å². The van der Waals surface area contributed by atoms with Crippen molar-refractivity contribution in [3.8, 4) is 22.8 Å². The van der Waals surface area contributed by atoms with Crippen LogP contribution in [0, 0.1) is 11.7 Å². The number of carbonyl (C=O) groups is 2. The second-order valence-electron chi connectivity index (χ2n) is 10.1. The first-order valence-electron chi connectivity index (χ1n) is 13.2. The molecule has 204 valence electrons. The number of para-hydroxylation sites is 1. The number of nitrogen functional groups attached to an aromatic ring is 1. The Bertz CT molecular complexity index is 1630. The van der Waals surface area contributed by atoms with Crippen LogP contribution in [0.15, 0.2) is 66.5 Å². The summed E-state index contributed by atoms with van der Waals surface area (Å²) in [5.74, 6) is -0.321. The number of anilines is 1. The molecule has 1 atom stereocenters. The number of carbonyl (C=O) groups excluding carboxylic acids is 2. The van der Waals surface area contributed by atoms with E-state index in [1.165, 1.54) is 12.4 Å². The van der Waals surface area contributed by atoms with Crippen LogP contribution in [-0.4, -0.2) is 49.6 Å². The van der Waals surface area contributed by atoms with Gasteiger partial charge in [-0.05, 0) is 55.9 Å². The van der Waals surface area contributed by atoms with Crippen LogP contribution in [0.3, 0.4) is 0 Å². The van der Waals surface area contributed by atoms with Crippen molar-refractivity contribution in [1.82, 2.24) is 24.6 Å². The second-order valence-corrected chi connectivity index (χ2v) is 10.1. The van der Waals surface area contributed by atoms with Gasteiger partial charge in [0, 0.05) is 24.7 Å². The number of nitrogens with two attached hydrogens (primary N) is 2. The van der Waals surface area contributed by atoms with E-state index in [0.29, 0.717) is 54.2 Å². The van der Waals surface area contributed by atoms with Crippen LogP contribution < -0.4 is 16.2 Å². The number of piperidine rings is 1. The van der Waals surface area contributed by atoms with E-state index in [4.69, 9.17) is 21.3 Å². The van der Waals surface area contributed by atoms with E-state index in [2.05, 4.69) is 9.97 Å². The second kappa shape index (κ2) is 10.4. The van der Waals surface area contributed by atoms with Crippen LogP contribution in [0.25, 0.3) is 22.3 Å². The number of primary amides is 1. The maximum Gasteiger partial charge on any atom is 0.259 e. The molecule has 40 heavy (non-hydrogen) atoms. The Morgan fingerprint density at radius 2 is 1.85 bits per heavy atom. The molecule has 3 heterocycles. The maximum atomic E-state index is 15.5. The minimum Gasteiger partial charge on any atom is -0.457 e. The zero-order chi connectivity index (χ0) is 27.8. The number of rotatable bonds is 7. The van der Waals surface area contributed by atoms with Crippen molar-refractivity contribution in [2.24, 2.45) is 11.7 Å². The van der Waals surface area contributed by atoms with E-state index in [-0.39, 0.29) is 34.8 Å². The van der Waals surface area contributed by atoms with E-state index in [0.717, 1.165) is 12.8 Å². The minimum absolute atomic E-state index is 0.0283. The lowest BCUT2D eigenvalue weighted by molar-refractivity contribution is -0.131. The van der Waals surface area contributed by atoms with E-state index >= 15 is 4.39 Å². The summed E-state index contributed by atoms with van der Waals surface area (Å²) in [5.41, 5.74) is 12.8. The van der Waals surface area contributed by atoms with E-state index in [1.54, 1.807) is 39.9 Å². The van der Waals surface area contributed by atoms with Crippen LogP contribution in [0.2, 0.25) is 0 Å². The van der Waals surface area contributed by atoms with Gasteiger partial charge in [-0.3, -0.25) is 9.59 Å². The van der Waals surface area contributed by atoms with Crippen molar-refractivity contribution in [2.45, 2.75) is 31.7 Å². The molecular formula is C29H28FN7O3. The number of amides is 2. The summed E-state index contributed by atoms with van der Waals surface area (Å²) >= 11 is 0. The summed E-state index contributed by atoms with van der Waals surface area (Å²) in [6, 6.07) is 13.4. The molecule has 0 unspecified atom stereocenters. The van der Waals surface area contributed by atoms with Crippen molar-refractivity contribution in [1.29, 1.82) is 0 Å². The van der Waals surface area contributed by atoms with Gasteiger partial charge in [0.2, 0.25) is 0 Å². The van der Waals surface area contributed by atoms with Crippen LogP contribution in [0.5, 0.6) is 11.5 Å². The zero-order valence-electron chi connectivity index (χ0n) is 21.7. The molecule has 4 aromatic rings. The average Bonchev–Trinajstić information content (AvgIpc) is 3.70. The highest BCUT2D eigenvalue weighted by Crippen LogP contribution is 2.37. The number of ether oxygens (including phenoxy) is 1. The van der Waals surface area contributed by atoms with Gasteiger partial charge in [-0.2, -0.15) is 5.10 Å². The monoisotopic (exact) mass is 541 g/mol. The minimum atomic E-state index is -0.721. The number of hydrogen-bond donors (Lipinski definition) is 2. The molecule has 0 radical (unpaired) electrons. The van der Waals surface area contributed by atoms with Gasteiger partial charge in [0.25, 0.3) is 11.8 Å². The summed E-state index contributed by atoms with van der Waals surface area (Å²) in [5, 5.41) is 5.18. The summed E-state index contributed by atoms with van der Waals surface area (Å²) < 4.78 is 22.9.